The molecule has 0 aromatic heterocycles. The van der Waals surface area contributed by atoms with Gasteiger partial charge in [-0.1, -0.05) is 30.2 Å². The van der Waals surface area contributed by atoms with Gasteiger partial charge in [0, 0.05) is 11.1 Å². The molecule has 1 amide bonds. The second-order valence-corrected chi connectivity index (χ2v) is 6.18. The minimum atomic E-state index is -0.397. The Balaban J connectivity index is 1.77. The first kappa shape index (κ1) is 12.9. The van der Waals surface area contributed by atoms with Crippen LogP contribution in [0, 0.1) is 0 Å². The van der Waals surface area contributed by atoms with E-state index < -0.39 is 5.41 Å². The van der Waals surface area contributed by atoms with Crippen LogP contribution < -0.4 is 5.32 Å². The van der Waals surface area contributed by atoms with E-state index in [0.29, 0.717) is 17.9 Å². The van der Waals surface area contributed by atoms with Crippen LogP contribution in [-0.2, 0) is 10.2 Å². The SMILES string of the molecule is O=C(NC1CC(O)C1)C1(c2cccc(Cl)c2)CCC1. The molecule has 0 spiro atoms. The Morgan fingerprint density at radius 2 is 2.11 bits per heavy atom. The van der Waals surface area contributed by atoms with Gasteiger partial charge in [0.1, 0.15) is 0 Å². The summed E-state index contributed by atoms with van der Waals surface area (Å²) in [5, 5.41) is 13.0. The molecule has 19 heavy (non-hydrogen) atoms. The van der Waals surface area contributed by atoms with Crippen LogP contribution in [-0.4, -0.2) is 23.2 Å². The second kappa shape index (κ2) is 4.80. The van der Waals surface area contributed by atoms with E-state index in [1.807, 2.05) is 24.3 Å². The van der Waals surface area contributed by atoms with Gasteiger partial charge in [0.05, 0.1) is 11.5 Å². The van der Waals surface area contributed by atoms with Crippen LogP contribution >= 0.6 is 11.6 Å². The lowest BCUT2D eigenvalue weighted by Crippen LogP contribution is -2.55. The molecular formula is C15H18ClNO2. The van der Waals surface area contributed by atoms with Gasteiger partial charge < -0.3 is 10.4 Å². The normalized spacial score (nSPS) is 28.1. The summed E-state index contributed by atoms with van der Waals surface area (Å²) in [6, 6.07) is 7.76. The highest BCUT2D eigenvalue weighted by molar-refractivity contribution is 6.30. The highest BCUT2D eigenvalue weighted by Crippen LogP contribution is 2.44. The van der Waals surface area contributed by atoms with Gasteiger partial charge in [-0.15, -0.1) is 0 Å². The van der Waals surface area contributed by atoms with Gasteiger partial charge >= 0.3 is 0 Å². The van der Waals surface area contributed by atoms with Gasteiger partial charge in [-0.05, 0) is 43.4 Å². The molecule has 1 aromatic rings. The third-order valence-corrected chi connectivity index (χ3v) is 4.70. The summed E-state index contributed by atoms with van der Waals surface area (Å²) >= 11 is 6.04. The molecule has 4 heteroatoms. The van der Waals surface area contributed by atoms with Gasteiger partial charge in [0.15, 0.2) is 0 Å². The maximum atomic E-state index is 12.5. The third kappa shape index (κ3) is 2.26. The number of aliphatic hydroxyl groups is 1. The lowest BCUT2D eigenvalue weighted by molar-refractivity contribution is -0.132. The van der Waals surface area contributed by atoms with Crippen LogP contribution in [0.25, 0.3) is 0 Å². The predicted octanol–water partition coefficient (Wildman–Crippen LogP) is 2.40. The van der Waals surface area contributed by atoms with E-state index in [2.05, 4.69) is 5.32 Å². The summed E-state index contributed by atoms with van der Waals surface area (Å²) in [6.07, 6.45) is 3.96. The van der Waals surface area contributed by atoms with E-state index in [1.54, 1.807) is 0 Å². The van der Waals surface area contributed by atoms with E-state index in [-0.39, 0.29) is 18.1 Å². The van der Waals surface area contributed by atoms with Crippen molar-refractivity contribution in [3.63, 3.8) is 0 Å². The average Bonchev–Trinajstić information content (AvgIpc) is 2.25. The highest BCUT2D eigenvalue weighted by atomic mass is 35.5. The molecule has 2 saturated carbocycles. The maximum Gasteiger partial charge on any atom is 0.230 e. The average molecular weight is 280 g/mol. The van der Waals surface area contributed by atoms with E-state index in [4.69, 9.17) is 11.6 Å². The maximum absolute atomic E-state index is 12.5. The van der Waals surface area contributed by atoms with Crippen molar-refractivity contribution in [3.05, 3.63) is 34.9 Å². The Kier molecular flexibility index (Phi) is 3.27. The molecule has 3 rings (SSSR count). The summed E-state index contributed by atoms with van der Waals surface area (Å²) in [5.41, 5.74) is 0.620. The zero-order chi connectivity index (χ0) is 13.5. The molecule has 2 fully saturated rings. The highest BCUT2D eigenvalue weighted by Gasteiger charge is 2.46. The summed E-state index contributed by atoms with van der Waals surface area (Å²) in [7, 11) is 0. The zero-order valence-corrected chi connectivity index (χ0v) is 11.5. The number of benzene rings is 1. The number of carbonyl (C=O) groups is 1. The van der Waals surface area contributed by atoms with Crippen molar-refractivity contribution in [3.8, 4) is 0 Å². The second-order valence-electron chi connectivity index (χ2n) is 5.74. The van der Waals surface area contributed by atoms with Crippen LogP contribution in [0.2, 0.25) is 5.02 Å². The largest absolute Gasteiger partial charge is 0.393 e. The molecule has 0 heterocycles. The first-order chi connectivity index (χ1) is 9.10. The third-order valence-electron chi connectivity index (χ3n) is 4.47. The minimum absolute atomic E-state index is 0.0953. The van der Waals surface area contributed by atoms with Crippen molar-refractivity contribution in [1.82, 2.24) is 5.32 Å². The Morgan fingerprint density at radius 3 is 2.63 bits per heavy atom. The molecule has 102 valence electrons. The number of aliphatic hydroxyl groups excluding tert-OH is 1. The number of carbonyl (C=O) groups excluding carboxylic acids is 1. The van der Waals surface area contributed by atoms with Crippen LogP contribution in [0.5, 0.6) is 0 Å². The van der Waals surface area contributed by atoms with Crippen molar-refractivity contribution >= 4 is 17.5 Å². The standard InChI is InChI=1S/C15H18ClNO2/c16-11-4-1-3-10(7-11)15(5-2-6-15)14(19)17-12-8-13(18)9-12/h1,3-4,7,12-13,18H,2,5-6,8-9H2,(H,17,19). The molecular weight excluding hydrogens is 262 g/mol. The van der Waals surface area contributed by atoms with Gasteiger partial charge in [0.2, 0.25) is 5.91 Å². The first-order valence-electron chi connectivity index (χ1n) is 6.85. The minimum Gasteiger partial charge on any atom is -0.393 e. The number of hydrogen-bond acceptors (Lipinski definition) is 2. The first-order valence-corrected chi connectivity index (χ1v) is 7.23. The molecule has 2 aliphatic carbocycles. The predicted molar refractivity (Wildman–Crippen MR) is 74.2 cm³/mol. The lowest BCUT2D eigenvalue weighted by atomic mass is 9.63. The molecule has 3 nitrogen and oxygen atoms in total. The molecule has 0 aliphatic heterocycles. The molecule has 0 bridgehead atoms. The Morgan fingerprint density at radius 1 is 1.37 bits per heavy atom. The van der Waals surface area contributed by atoms with Crippen LogP contribution in [0.15, 0.2) is 24.3 Å². The summed E-state index contributed by atoms with van der Waals surface area (Å²) in [4.78, 5) is 12.5. The number of amides is 1. The fourth-order valence-electron chi connectivity index (χ4n) is 2.99. The molecule has 0 saturated heterocycles. The van der Waals surface area contributed by atoms with E-state index in [9.17, 15) is 9.90 Å². The molecule has 2 N–H and O–H groups in total. The summed E-state index contributed by atoms with van der Waals surface area (Å²) in [5.74, 6) is 0.0953. The zero-order valence-electron chi connectivity index (χ0n) is 10.7. The molecule has 2 aliphatic rings. The quantitative estimate of drug-likeness (QED) is 0.893. The fraction of sp³-hybridized carbons (Fsp3) is 0.533. The van der Waals surface area contributed by atoms with Crippen molar-refractivity contribution in [2.24, 2.45) is 0 Å². The lowest BCUT2D eigenvalue weighted by Gasteiger charge is -2.43. The van der Waals surface area contributed by atoms with Crippen molar-refractivity contribution in [2.75, 3.05) is 0 Å². The summed E-state index contributed by atoms with van der Waals surface area (Å²) in [6.45, 7) is 0. The van der Waals surface area contributed by atoms with Gasteiger partial charge in [-0.3, -0.25) is 4.79 Å². The Hall–Kier alpha value is -1.06. The van der Waals surface area contributed by atoms with Gasteiger partial charge in [-0.25, -0.2) is 0 Å². The molecule has 1 aromatic carbocycles. The number of nitrogens with one attached hydrogen (secondary N) is 1. The molecule has 0 radical (unpaired) electrons. The van der Waals surface area contributed by atoms with Crippen molar-refractivity contribution in [1.29, 1.82) is 0 Å². The van der Waals surface area contributed by atoms with Crippen LogP contribution in [0.4, 0.5) is 0 Å². The van der Waals surface area contributed by atoms with E-state index >= 15 is 0 Å². The Labute approximate surface area is 118 Å². The van der Waals surface area contributed by atoms with Crippen molar-refractivity contribution < 1.29 is 9.90 Å². The summed E-state index contributed by atoms with van der Waals surface area (Å²) < 4.78 is 0. The topological polar surface area (TPSA) is 49.3 Å². The van der Waals surface area contributed by atoms with Crippen molar-refractivity contribution in [2.45, 2.75) is 49.7 Å². The number of halogens is 1. The van der Waals surface area contributed by atoms with Crippen LogP contribution in [0.3, 0.4) is 0 Å². The van der Waals surface area contributed by atoms with Gasteiger partial charge in [0.25, 0.3) is 0 Å². The van der Waals surface area contributed by atoms with E-state index in [0.717, 1.165) is 24.8 Å². The van der Waals surface area contributed by atoms with Crippen LogP contribution in [0.1, 0.15) is 37.7 Å². The smallest absolute Gasteiger partial charge is 0.230 e. The fourth-order valence-corrected chi connectivity index (χ4v) is 3.18. The number of hydrogen-bond donors (Lipinski definition) is 2. The Bertz CT molecular complexity index is 493. The monoisotopic (exact) mass is 279 g/mol. The van der Waals surface area contributed by atoms with Gasteiger partial charge in [-0.2, -0.15) is 0 Å². The number of rotatable bonds is 3. The molecule has 0 atom stereocenters. The van der Waals surface area contributed by atoms with E-state index in [1.165, 1.54) is 0 Å². The molecule has 0 unspecified atom stereocenters.